The fourth-order valence-corrected chi connectivity index (χ4v) is 3.65. The SMILES string of the molecule is CCC(Sc1cc(-c2ccccc2)ncn1)C(=O)Nc1cccc(C)c1C. The van der Waals surface area contributed by atoms with Gasteiger partial charge in [0.15, 0.2) is 0 Å². The van der Waals surface area contributed by atoms with Crippen LogP contribution in [-0.4, -0.2) is 21.1 Å². The van der Waals surface area contributed by atoms with Gasteiger partial charge in [-0.1, -0.05) is 61.2 Å². The molecule has 1 amide bonds. The van der Waals surface area contributed by atoms with Crippen LogP contribution in [0.3, 0.4) is 0 Å². The predicted octanol–water partition coefficient (Wildman–Crippen LogP) is 5.27. The van der Waals surface area contributed by atoms with E-state index < -0.39 is 0 Å². The molecule has 0 aliphatic rings. The third-order valence-corrected chi connectivity index (χ3v) is 5.80. The van der Waals surface area contributed by atoms with E-state index in [2.05, 4.69) is 15.3 Å². The van der Waals surface area contributed by atoms with Gasteiger partial charge < -0.3 is 5.32 Å². The maximum absolute atomic E-state index is 12.8. The van der Waals surface area contributed by atoms with E-state index in [-0.39, 0.29) is 11.2 Å². The van der Waals surface area contributed by atoms with Gasteiger partial charge in [-0.15, -0.1) is 0 Å². The summed E-state index contributed by atoms with van der Waals surface area (Å²) >= 11 is 1.47. The number of amides is 1. The van der Waals surface area contributed by atoms with Crippen molar-refractivity contribution < 1.29 is 4.79 Å². The van der Waals surface area contributed by atoms with Crippen LogP contribution in [0, 0.1) is 13.8 Å². The van der Waals surface area contributed by atoms with Crippen LogP contribution >= 0.6 is 11.8 Å². The number of nitrogens with one attached hydrogen (secondary N) is 1. The van der Waals surface area contributed by atoms with Gasteiger partial charge in [0.2, 0.25) is 5.91 Å². The zero-order valence-corrected chi connectivity index (χ0v) is 16.6. The molecule has 138 valence electrons. The minimum absolute atomic E-state index is 0.00364. The van der Waals surface area contributed by atoms with Crippen LogP contribution in [0.5, 0.6) is 0 Å². The smallest absolute Gasteiger partial charge is 0.237 e. The Balaban J connectivity index is 1.75. The largest absolute Gasteiger partial charge is 0.325 e. The fraction of sp³-hybridized carbons (Fsp3) is 0.227. The molecule has 1 N–H and O–H groups in total. The lowest BCUT2D eigenvalue weighted by molar-refractivity contribution is -0.115. The van der Waals surface area contributed by atoms with Crippen molar-refractivity contribution in [3.8, 4) is 11.3 Å². The molecule has 0 aliphatic heterocycles. The van der Waals surface area contributed by atoms with Crippen molar-refractivity contribution in [2.75, 3.05) is 5.32 Å². The van der Waals surface area contributed by atoms with Crippen LogP contribution in [-0.2, 0) is 4.79 Å². The summed E-state index contributed by atoms with van der Waals surface area (Å²) in [5.41, 5.74) is 5.02. The highest BCUT2D eigenvalue weighted by Crippen LogP contribution is 2.28. The van der Waals surface area contributed by atoms with Crippen LogP contribution in [0.2, 0.25) is 0 Å². The molecule has 1 aromatic heterocycles. The Labute approximate surface area is 164 Å². The standard InChI is InChI=1S/C22H23N3OS/c1-4-20(22(26)25-18-12-8-9-15(2)16(18)3)27-21-13-19(23-14-24-21)17-10-6-5-7-11-17/h5-14,20H,4H2,1-3H3,(H,25,26). The Morgan fingerprint density at radius 1 is 1.07 bits per heavy atom. The number of nitrogens with zero attached hydrogens (tertiary/aromatic N) is 2. The number of anilines is 1. The van der Waals surface area contributed by atoms with Crippen molar-refractivity contribution in [3.63, 3.8) is 0 Å². The Kier molecular flexibility index (Phi) is 6.24. The number of carbonyl (C=O) groups is 1. The van der Waals surface area contributed by atoms with Gasteiger partial charge in [-0.05, 0) is 43.5 Å². The van der Waals surface area contributed by atoms with Crippen LogP contribution < -0.4 is 5.32 Å². The van der Waals surface area contributed by atoms with Gasteiger partial charge in [0.05, 0.1) is 10.9 Å². The number of carbonyl (C=O) groups excluding carboxylic acids is 1. The van der Waals surface area contributed by atoms with Crippen molar-refractivity contribution in [2.45, 2.75) is 37.5 Å². The lowest BCUT2D eigenvalue weighted by atomic mass is 10.1. The van der Waals surface area contributed by atoms with Crippen LogP contribution in [0.15, 0.2) is 66.0 Å². The van der Waals surface area contributed by atoms with Gasteiger partial charge in [-0.3, -0.25) is 4.79 Å². The highest BCUT2D eigenvalue weighted by Gasteiger charge is 2.20. The van der Waals surface area contributed by atoms with E-state index in [0.717, 1.165) is 33.1 Å². The van der Waals surface area contributed by atoms with Gasteiger partial charge in [0, 0.05) is 11.3 Å². The van der Waals surface area contributed by atoms with Crippen molar-refractivity contribution in [1.29, 1.82) is 0 Å². The zero-order chi connectivity index (χ0) is 19.2. The van der Waals surface area contributed by atoms with Crippen molar-refractivity contribution in [3.05, 3.63) is 72.1 Å². The average Bonchev–Trinajstić information content (AvgIpc) is 2.70. The lowest BCUT2D eigenvalue weighted by Crippen LogP contribution is -2.25. The number of hydrogen-bond acceptors (Lipinski definition) is 4. The summed E-state index contributed by atoms with van der Waals surface area (Å²) in [4.78, 5) is 21.5. The minimum atomic E-state index is -0.219. The van der Waals surface area contributed by atoms with Gasteiger partial charge in [-0.2, -0.15) is 0 Å². The van der Waals surface area contributed by atoms with E-state index in [9.17, 15) is 4.79 Å². The average molecular weight is 378 g/mol. The van der Waals surface area contributed by atoms with E-state index >= 15 is 0 Å². The maximum Gasteiger partial charge on any atom is 0.237 e. The van der Waals surface area contributed by atoms with Crippen LogP contribution in [0.25, 0.3) is 11.3 Å². The summed E-state index contributed by atoms with van der Waals surface area (Å²) in [5, 5.41) is 3.64. The summed E-state index contributed by atoms with van der Waals surface area (Å²) < 4.78 is 0. The second-order valence-electron chi connectivity index (χ2n) is 6.36. The summed E-state index contributed by atoms with van der Waals surface area (Å²) in [6.07, 6.45) is 2.27. The van der Waals surface area contributed by atoms with E-state index in [4.69, 9.17) is 0 Å². The summed E-state index contributed by atoms with van der Waals surface area (Å²) in [6, 6.07) is 17.9. The molecule has 0 fully saturated rings. The molecule has 3 aromatic rings. The minimum Gasteiger partial charge on any atom is -0.325 e. The molecule has 1 atom stereocenters. The second kappa shape index (κ2) is 8.82. The quantitative estimate of drug-likeness (QED) is 0.470. The second-order valence-corrected chi connectivity index (χ2v) is 7.58. The third kappa shape index (κ3) is 4.74. The van der Waals surface area contributed by atoms with Crippen molar-refractivity contribution >= 4 is 23.4 Å². The highest BCUT2D eigenvalue weighted by atomic mass is 32.2. The fourth-order valence-electron chi connectivity index (χ4n) is 2.74. The highest BCUT2D eigenvalue weighted by molar-refractivity contribution is 8.00. The number of aryl methyl sites for hydroxylation is 1. The summed E-state index contributed by atoms with van der Waals surface area (Å²) in [7, 11) is 0. The van der Waals surface area contributed by atoms with Gasteiger partial charge in [0.1, 0.15) is 11.4 Å². The van der Waals surface area contributed by atoms with E-state index in [1.54, 1.807) is 6.33 Å². The molecule has 0 aliphatic carbocycles. The first kappa shape index (κ1) is 19.1. The molecule has 0 radical (unpaired) electrons. The monoisotopic (exact) mass is 377 g/mol. The number of benzene rings is 2. The molecule has 27 heavy (non-hydrogen) atoms. The predicted molar refractivity (Wildman–Crippen MR) is 112 cm³/mol. The van der Waals surface area contributed by atoms with Gasteiger partial charge in [-0.25, -0.2) is 9.97 Å². The van der Waals surface area contributed by atoms with Gasteiger partial charge in [0.25, 0.3) is 0 Å². The Morgan fingerprint density at radius 3 is 2.59 bits per heavy atom. The van der Waals surface area contributed by atoms with E-state index in [1.807, 2.05) is 75.4 Å². The zero-order valence-electron chi connectivity index (χ0n) is 15.8. The molecule has 1 heterocycles. The lowest BCUT2D eigenvalue weighted by Gasteiger charge is -2.16. The van der Waals surface area contributed by atoms with Crippen molar-refractivity contribution in [1.82, 2.24) is 9.97 Å². The Bertz CT molecular complexity index is 928. The molecule has 0 saturated carbocycles. The number of hydrogen-bond donors (Lipinski definition) is 1. The molecule has 3 rings (SSSR count). The van der Waals surface area contributed by atoms with Crippen molar-refractivity contribution in [2.24, 2.45) is 0 Å². The van der Waals surface area contributed by atoms with Crippen LogP contribution in [0.1, 0.15) is 24.5 Å². The molecule has 0 bridgehead atoms. The molecular formula is C22H23N3OS. The molecule has 0 saturated heterocycles. The Morgan fingerprint density at radius 2 is 1.85 bits per heavy atom. The molecule has 2 aromatic carbocycles. The van der Waals surface area contributed by atoms with Crippen LogP contribution in [0.4, 0.5) is 5.69 Å². The summed E-state index contributed by atoms with van der Waals surface area (Å²) in [6.45, 7) is 6.08. The first-order valence-electron chi connectivity index (χ1n) is 8.99. The first-order valence-corrected chi connectivity index (χ1v) is 9.87. The normalized spacial score (nSPS) is 11.8. The number of rotatable bonds is 6. The third-order valence-electron chi connectivity index (χ3n) is 4.50. The van der Waals surface area contributed by atoms with E-state index in [0.29, 0.717) is 6.42 Å². The molecule has 5 heteroatoms. The van der Waals surface area contributed by atoms with Gasteiger partial charge >= 0.3 is 0 Å². The topological polar surface area (TPSA) is 54.9 Å². The molecule has 0 spiro atoms. The molecule has 1 unspecified atom stereocenters. The Hall–Kier alpha value is -2.66. The molecular weight excluding hydrogens is 354 g/mol. The number of aromatic nitrogens is 2. The van der Waals surface area contributed by atoms with E-state index in [1.165, 1.54) is 11.8 Å². The number of thioether (sulfide) groups is 1. The first-order chi connectivity index (χ1) is 13.1. The summed E-state index contributed by atoms with van der Waals surface area (Å²) in [5.74, 6) is -0.00364. The molecule has 4 nitrogen and oxygen atoms in total. The maximum atomic E-state index is 12.8.